The van der Waals surface area contributed by atoms with Crippen LogP contribution in [0.3, 0.4) is 0 Å². The fourth-order valence-corrected chi connectivity index (χ4v) is 2.39. The van der Waals surface area contributed by atoms with E-state index in [1.165, 1.54) is 4.57 Å². The van der Waals surface area contributed by atoms with E-state index in [4.69, 9.17) is 19.0 Å². The van der Waals surface area contributed by atoms with Crippen LogP contribution in [0.4, 0.5) is 5.82 Å². The number of anilines is 1. The van der Waals surface area contributed by atoms with Gasteiger partial charge in [-0.2, -0.15) is 4.98 Å². The Balaban J connectivity index is 1.99. The van der Waals surface area contributed by atoms with Crippen molar-refractivity contribution in [2.24, 2.45) is 0 Å². The van der Waals surface area contributed by atoms with Gasteiger partial charge in [-0.25, -0.2) is 4.79 Å². The molecule has 0 aromatic carbocycles. The summed E-state index contributed by atoms with van der Waals surface area (Å²) in [5.74, 6) is 0.497. The second-order valence-corrected chi connectivity index (χ2v) is 6.09. The number of hydrogen-bond acceptors (Lipinski definition) is 7. The quantitative estimate of drug-likeness (QED) is 0.665. The Morgan fingerprint density at radius 1 is 1.65 bits per heavy atom. The third kappa shape index (κ3) is 3.91. The SMILES string of the molecule is C=P(O)(O)OCC1CCC(n2ccc(NC)nc2=O)O1. The zero-order valence-corrected chi connectivity index (χ0v) is 12.0. The number of hydrogen-bond donors (Lipinski definition) is 3. The van der Waals surface area contributed by atoms with Crippen LogP contribution in [0.15, 0.2) is 17.1 Å². The Kier molecular flexibility index (Phi) is 4.62. The highest BCUT2D eigenvalue weighted by molar-refractivity contribution is 7.57. The van der Waals surface area contributed by atoms with E-state index in [9.17, 15) is 4.79 Å². The van der Waals surface area contributed by atoms with Gasteiger partial charge in [-0.3, -0.25) is 4.57 Å². The molecule has 2 atom stereocenters. The van der Waals surface area contributed by atoms with E-state index in [-0.39, 0.29) is 12.7 Å². The Morgan fingerprint density at radius 2 is 2.40 bits per heavy atom. The van der Waals surface area contributed by atoms with Gasteiger partial charge in [0, 0.05) is 13.2 Å². The zero-order valence-electron chi connectivity index (χ0n) is 11.1. The Hall–Kier alpha value is -1.18. The molecule has 0 radical (unpaired) electrons. The maximum Gasteiger partial charge on any atom is 0.351 e. The molecule has 0 aliphatic carbocycles. The van der Waals surface area contributed by atoms with Crippen LogP contribution in [-0.2, 0) is 9.26 Å². The summed E-state index contributed by atoms with van der Waals surface area (Å²) >= 11 is 0. The summed E-state index contributed by atoms with van der Waals surface area (Å²) in [6, 6.07) is 1.68. The van der Waals surface area contributed by atoms with Crippen LogP contribution in [0.5, 0.6) is 0 Å². The maximum absolute atomic E-state index is 11.8. The van der Waals surface area contributed by atoms with Crippen molar-refractivity contribution < 1.29 is 19.0 Å². The molecular formula is C11H18N3O5P. The average molecular weight is 303 g/mol. The lowest BCUT2D eigenvalue weighted by molar-refractivity contribution is -0.0218. The second kappa shape index (κ2) is 6.07. The van der Waals surface area contributed by atoms with Gasteiger partial charge < -0.3 is 24.4 Å². The minimum atomic E-state index is -3.50. The minimum absolute atomic E-state index is 0.0392. The van der Waals surface area contributed by atoms with Crippen molar-refractivity contribution in [2.75, 3.05) is 19.0 Å². The van der Waals surface area contributed by atoms with E-state index in [1.807, 2.05) is 0 Å². The van der Waals surface area contributed by atoms with E-state index >= 15 is 0 Å². The molecule has 1 aliphatic heterocycles. The fourth-order valence-electron chi connectivity index (χ4n) is 1.99. The summed E-state index contributed by atoms with van der Waals surface area (Å²) in [6.07, 6.45) is 5.31. The number of ether oxygens (including phenoxy) is 1. The lowest BCUT2D eigenvalue weighted by Gasteiger charge is -2.17. The highest BCUT2D eigenvalue weighted by Crippen LogP contribution is 2.37. The van der Waals surface area contributed by atoms with Crippen LogP contribution in [-0.4, -0.2) is 45.4 Å². The Morgan fingerprint density at radius 3 is 3.00 bits per heavy atom. The van der Waals surface area contributed by atoms with E-state index in [2.05, 4.69) is 16.6 Å². The van der Waals surface area contributed by atoms with Gasteiger partial charge in [-0.15, -0.1) is 0 Å². The maximum atomic E-state index is 11.8. The van der Waals surface area contributed by atoms with Crippen molar-refractivity contribution in [3.8, 4) is 0 Å². The van der Waals surface area contributed by atoms with Crippen molar-refractivity contribution in [3.05, 3.63) is 22.7 Å². The molecule has 1 aliphatic rings. The van der Waals surface area contributed by atoms with Gasteiger partial charge in [0.2, 0.25) is 7.57 Å². The van der Waals surface area contributed by atoms with Crippen LogP contribution in [0.25, 0.3) is 0 Å². The van der Waals surface area contributed by atoms with Crippen LogP contribution in [0.1, 0.15) is 19.1 Å². The summed E-state index contributed by atoms with van der Waals surface area (Å²) in [4.78, 5) is 33.8. The molecule has 20 heavy (non-hydrogen) atoms. The van der Waals surface area contributed by atoms with E-state index in [1.54, 1.807) is 19.3 Å². The molecule has 2 heterocycles. The number of nitrogens with zero attached hydrogens (tertiary/aromatic N) is 2. The topological polar surface area (TPSA) is 106 Å². The molecule has 2 rings (SSSR count). The first-order valence-electron chi connectivity index (χ1n) is 6.15. The minimum Gasteiger partial charge on any atom is -0.373 e. The standard InChI is InChI=1S/C11H18N3O5P/c1-12-9-5-6-14(11(15)13-9)10-4-3-8(19-10)7-18-20(2,16)17/h5-6,8,10,16-17H,2-4,7H2,1H3,(H,12,13,15). The van der Waals surface area contributed by atoms with E-state index in [0.29, 0.717) is 18.7 Å². The normalized spacial score (nSPS) is 22.9. The predicted molar refractivity (Wildman–Crippen MR) is 75.6 cm³/mol. The van der Waals surface area contributed by atoms with Crippen molar-refractivity contribution in [1.82, 2.24) is 9.55 Å². The average Bonchev–Trinajstić information content (AvgIpc) is 2.84. The second-order valence-electron chi connectivity index (χ2n) is 4.50. The molecule has 0 saturated carbocycles. The Bertz CT molecular complexity index is 569. The first-order valence-corrected chi connectivity index (χ1v) is 7.94. The smallest absolute Gasteiger partial charge is 0.351 e. The first kappa shape index (κ1) is 15.2. The largest absolute Gasteiger partial charge is 0.373 e. The van der Waals surface area contributed by atoms with Gasteiger partial charge in [0.15, 0.2) is 0 Å². The summed E-state index contributed by atoms with van der Waals surface area (Å²) in [7, 11) is -1.82. The molecule has 112 valence electrons. The summed E-state index contributed by atoms with van der Waals surface area (Å²) in [5.41, 5.74) is -0.397. The molecule has 0 spiro atoms. The lowest BCUT2D eigenvalue weighted by Crippen LogP contribution is -2.27. The van der Waals surface area contributed by atoms with Gasteiger partial charge in [0.05, 0.1) is 12.7 Å². The van der Waals surface area contributed by atoms with Crippen LogP contribution in [0, 0.1) is 0 Å². The predicted octanol–water partition coefficient (Wildman–Crippen LogP) is 0.158. The van der Waals surface area contributed by atoms with E-state index in [0.717, 1.165) is 0 Å². The summed E-state index contributed by atoms with van der Waals surface area (Å²) in [5, 5.41) is 2.79. The van der Waals surface area contributed by atoms with Gasteiger partial charge >= 0.3 is 5.69 Å². The first-order chi connectivity index (χ1) is 9.39. The van der Waals surface area contributed by atoms with Crippen molar-refractivity contribution in [3.63, 3.8) is 0 Å². The van der Waals surface area contributed by atoms with Gasteiger partial charge in [0.25, 0.3) is 0 Å². The highest BCUT2D eigenvalue weighted by atomic mass is 31.2. The molecule has 1 aromatic rings. The lowest BCUT2D eigenvalue weighted by atomic mass is 10.2. The Labute approximate surface area is 116 Å². The van der Waals surface area contributed by atoms with Gasteiger partial charge in [-0.1, -0.05) is 0 Å². The van der Waals surface area contributed by atoms with Crippen molar-refractivity contribution in [2.45, 2.75) is 25.2 Å². The zero-order chi connectivity index (χ0) is 14.8. The summed E-state index contributed by atoms with van der Waals surface area (Å²) in [6.45, 7) is 0.0392. The van der Waals surface area contributed by atoms with Crippen molar-refractivity contribution in [1.29, 1.82) is 0 Å². The third-order valence-corrected chi connectivity index (χ3v) is 3.51. The monoisotopic (exact) mass is 303 g/mol. The number of nitrogens with one attached hydrogen (secondary N) is 1. The highest BCUT2D eigenvalue weighted by Gasteiger charge is 2.28. The van der Waals surface area contributed by atoms with Crippen LogP contribution in [0.2, 0.25) is 0 Å². The molecular weight excluding hydrogens is 285 g/mol. The van der Waals surface area contributed by atoms with Crippen LogP contribution >= 0.6 is 7.57 Å². The number of rotatable bonds is 5. The van der Waals surface area contributed by atoms with Gasteiger partial charge in [-0.05, 0) is 25.2 Å². The molecule has 0 amide bonds. The number of aromatic nitrogens is 2. The molecule has 0 bridgehead atoms. The molecule has 1 fully saturated rings. The van der Waals surface area contributed by atoms with Crippen molar-refractivity contribution >= 4 is 19.7 Å². The third-order valence-electron chi connectivity index (χ3n) is 2.95. The molecule has 1 aromatic heterocycles. The van der Waals surface area contributed by atoms with E-state index < -0.39 is 19.5 Å². The van der Waals surface area contributed by atoms with Gasteiger partial charge in [0.1, 0.15) is 12.0 Å². The molecule has 8 nitrogen and oxygen atoms in total. The van der Waals surface area contributed by atoms with Crippen LogP contribution < -0.4 is 11.0 Å². The molecule has 9 heteroatoms. The fraction of sp³-hybridized carbons (Fsp3) is 0.545. The molecule has 3 N–H and O–H groups in total. The molecule has 2 unspecified atom stereocenters. The molecule has 1 saturated heterocycles. The summed E-state index contributed by atoms with van der Waals surface area (Å²) < 4.78 is 11.9.